The van der Waals surface area contributed by atoms with Gasteiger partial charge in [0.1, 0.15) is 0 Å². The van der Waals surface area contributed by atoms with Crippen LogP contribution >= 0.6 is 22.9 Å². The van der Waals surface area contributed by atoms with Gasteiger partial charge in [0.2, 0.25) is 5.01 Å². The van der Waals surface area contributed by atoms with E-state index in [1.54, 1.807) is 12.1 Å². The Bertz CT molecular complexity index is 986. The molecule has 0 saturated heterocycles. The molecule has 0 atom stereocenters. The zero-order valence-corrected chi connectivity index (χ0v) is 15.0. The van der Waals surface area contributed by atoms with Gasteiger partial charge in [-0.05, 0) is 31.2 Å². The van der Waals surface area contributed by atoms with Crippen LogP contribution in [0.25, 0.3) is 11.1 Å². The lowest BCUT2D eigenvalue weighted by Gasteiger charge is -2.02. The number of carbonyl (C=O) groups is 1. The van der Waals surface area contributed by atoms with E-state index < -0.39 is 17.5 Å². The molecule has 0 unspecified atom stereocenters. The molecule has 1 heterocycles. The van der Waals surface area contributed by atoms with E-state index in [0.717, 1.165) is 23.0 Å². The van der Waals surface area contributed by atoms with Crippen molar-refractivity contribution in [2.75, 3.05) is 5.32 Å². The van der Waals surface area contributed by atoms with Crippen molar-refractivity contribution >= 4 is 45.6 Å². The van der Waals surface area contributed by atoms with Crippen molar-refractivity contribution in [3.63, 3.8) is 0 Å². The number of halogens is 3. The summed E-state index contributed by atoms with van der Waals surface area (Å²) in [7, 11) is 0. The number of amides is 1. The molecule has 4 nitrogen and oxygen atoms in total. The normalized spacial score (nSPS) is 11.5. The summed E-state index contributed by atoms with van der Waals surface area (Å²) in [6.07, 6.45) is 1.24. The van der Waals surface area contributed by atoms with Gasteiger partial charge in [-0.2, -0.15) is 0 Å². The minimum absolute atomic E-state index is 0.0177. The Morgan fingerprint density at radius 3 is 2.54 bits per heavy atom. The molecule has 0 aliphatic heterocycles. The maximum Gasteiger partial charge on any atom is 0.286 e. The summed E-state index contributed by atoms with van der Waals surface area (Å²) in [5.74, 6) is -2.41. The van der Waals surface area contributed by atoms with Crippen LogP contribution in [0.5, 0.6) is 0 Å². The van der Waals surface area contributed by atoms with Crippen molar-refractivity contribution in [3.05, 3.63) is 75.2 Å². The van der Waals surface area contributed by atoms with E-state index >= 15 is 0 Å². The summed E-state index contributed by atoms with van der Waals surface area (Å²) in [5, 5.41) is 10.7. The third-order valence-corrected chi connectivity index (χ3v) is 4.75. The van der Waals surface area contributed by atoms with Gasteiger partial charge in [0, 0.05) is 11.3 Å². The quantitative estimate of drug-likeness (QED) is 0.672. The van der Waals surface area contributed by atoms with Gasteiger partial charge >= 0.3 is 0 Å². The molecule has 3 aromatic rings. The standard InChI is InChI=1S/C18H12ClF2N3OS/c1-10-5-7-12(8-6-10)22-16(25)18-24-23-17(26-18)13(19)9-11-3-2-4-14(20)15(11)21/h2-9H,1H3,(H,22,25). The lowest BCUT2D eigenvalue weighted by Crippen LogP contribution is -2.11. The summed E-state index contributed by atoms with van der Waals surface area (Å²) < 4.78 is 27.0. The summed E-state index contributed by atoms with van der Waals surface area (Å²) >= 11 is 7.06. The van der Waals surface area contributed by atoms with Crippen LogP contribution in [0.1, 0.15) is 25.9 Å². The van der Waals surface area contributed by atoms with Gasteiger partial charge in [0.15, 0.2) is 16.6 Å². The highest BCUT2D eigenvalue weighted by Crippen LogP contribution is 2.27. The van der Waals surface area contributed by atoms with E-state index in [0.29, 0.717) is 5.69 Å². The van der Waals surface area contributed by atoms with Gasteiger partial charge in [-0.1, -0.05) is 52.8 Å². The van der Waals surface area contributed by atoms with E-state index in [4.69, 9.17) is 11.6 Å². The molecule has 0 aliphatic carbocycles. The van der Waals surface area contributed by atoms with Crippen LogP contribution in [0.2, 0.25) is 0 Å². The van der Waals surface area contributed by atoms with Crippen LogP contribution in [-0.4, -0.2) is 16.1 Å². The highest BCUT2D eigenvalue weighted by atomic mass is 35.5. The molecule has 0 spiro atoms. The fourth-order valence-electron chi connectivity index (χ4n) is 2.06. The molecule has 1 amide bonds. The van der Waals surface area contributed by atoms with E-state index in [2.05, 4.69) is 15.5 Å². The first-order valence-electron chi connectivity index (χ1n) is 7.47. The first-order valence-corrected chi connectivity index (χ1v) is 8.66. The maximum atomic E-state index is 13.7. The minimum atomic E-state index is -1.01. The number of carbonyl (C=O) groups excluding carboxylic acids is 1. The molecule has 0 aliphatic rings. The number of hydrogen-bond donors (Lipinski definition) is 1. The lowest BCUT2D eigenvalue weighted by molar-refractivity contribution is 0.102. The van der Waals surface area contributed by atoms with E-state index in [-0.39, 0.29) is 20.6 Å². The first kappa shape index (κ1) is 18.2. The predicted molar refractivity (Wildman–Crippen MR) is 99.1 cm³/mol. The number of nitrogens with zero attached hydrogens (tertiary/aromatic N) is 2. The van der Waals surface area contributed by atoms with E-state index in [1.807, 2.05) is 19.1 Å². The topological polar surface area (TPSA) is 54.9 Å². The minimum Gasteiger partial charge on any atom is -0.320 e. The van der Waals surface area contributed by atoms with Crippen LogP contribution in [0.3, 0.4) is 0 Å². The summed E-state index contributed by atoms with van der Waals surface area (Å²) in [6, 6.07) is 11.0. The van der Waals surface area contributed by atoms with Gasteiger partial charge in [0.25, 0.3) is 5.91 Å². The van der Waals surface area contributed by atoms with Crippen molar-refractivity contribution < 1.29 is 13.6 Å². The smallest absolute Gasteiger partial charge is 0.286 e. The molecule has 0 bridgehead atoms. The van der Waals surface area contributed by atoms with Crippen molar-refractivity contribution in [1.29, 1.82) is 0 Å². The third-order valence-electron chi connectivity index (χ3n) is 3.40. The van der Waals surface area contributed by atoms with Crippen molar-refractivity contribution in [1.82, 2.24) is 10.2 Å². The number of aryl methyl sites for hydroxylation is 1. The first-order chi connectivity index (χ1) is 12.4. The van der Waals surface area contributed by atoms with Crippen LogP contribution in [0.4, 0.5) is 14.5 Å². The largest absolute Gasteiger partial charge is 0.320 e. The Kier molecular flexibility index (Phi) is 5.39. The fraction of sp³-hybridized carbons (Fsp3) is 0.0556. The SMILES string of the molecule is Cc1ccc(NC(=O)c2nnc(C(Cl)=Cc3cccc(F)c3F)s2)cc1. The van der Waals surface area contributed by atoms with Gasteiger partial charge in [-0.25, -0.2) is 8.78 Å². The molecular weight excluding hydrogens is 380 g/mol. The second kappa shape index (κ2) is 7.72. The lowest BCUT2D eigenvalue weighted by atomic mass is 10.2. The van der Waals surface area contributed by atoms with Crippen LogP contribution in [0, 0.1) is 18.6 Å². The monoisotopic (exact) mass is 391 g/mol. The summed E-state index contributed by atoms with van der Waals surface area (Å²) in [4.78, 5) is 12.2. The second-order valence-electron chi connectivity index (χ2n) is 5.37. The van der Waals surface area contributed by atoms with Gasteiger partial charge in [-0.15, -0.1) is 10.2 Å². The van der Waals surface area contributed by atoms with E-state index in [1.165, 1.54) is 18.2 Å². The van der Waals surface area contributed by atoms with Gasteiger partial charge in [-0.3, -0.25) is 4.79 Å². The Morgan fingerprint density at radius 1 is 1.12 bits per heavy atom. The number of rotatable bonds is 4. The molecule has 0 fully saturated rings. The van der Waals surface area contributed by atoms with Crippen molar-refractivity contribution in [3.8, 4) is 0 Å². The highest BCUT2D eigenvalue weighted by Gasteiger charge is 2.15. The zero-order valence-electron chi connectivity index (χ0n) is 13.5. The van der Waals surface area contributed by atoms with Gasteiger partial charge in [0.05, 0.1) is 5.03 Å². The summed E-state index contributed by atoms with van der Waals surface area (Å²) in [6.45, 7) is 1.94. The van der Waals surface area contributed by atoms with E-state index in [9.17, 15) is 13.6 Å². The van der Waals surface area contributed by atoms with Crippen LogP contribution < -0.4 is 5.32 Å². The zero-order chi connectivity index (χ0) is 18.7. The molecule has 2 aromatic carbocycles. The molecule has 0 radical (unpaired) electrons. The highest BCUT2D eigenvalue weighted by molar-refractivity contribution is 7.15. The molecule has 1 N–H and O–H groups in total. The third kappa shape index (κ3) is 4.12. The average Bonchev–Trinajstić information content (AvgIpc) is 3.11. The number of nitrogens with one attached hydrogen (secondary N) is 1. The molecule has 132 valence electrons. The molecule has 8 heteroatoms. The fourth-order valence-corrected chi connectivity index (χ4v) is 2.98. The maximum absolute atomic E-state index is 13.7. The molecule has 26 heavy (non-hydrogen) atoms. The van der Waals surface area contributed by atoms with Crippen LogP contribution in [-0.2, 0) is 0 Å². The Morgan fingerprint density at radius 2 is 1.81 bits per heavy atom. The Labute approximate surface area is 157 Å². The number of aromatic nitrogens is 2. The van der Waals surface area contributed by atoms with Crippen LogP contribution in [0.15, 0.2) is 42.5 Å². The Balaban J connectivity index is 1.78. The van der Waals surface area contributed by atoms with Crippen molar-refractivity contribution in [2.45, 2.75) is 6.92 Å². The van der Waals surface area contributed by atoms with Gasteiger partial charge < -0.3 is 5.32 Å². The number of benzene rings is 2. The molecule has 1 aromatic heterocycles. The van der Waals surface area contributed by atoms with Crippen molar-refractivity contribution in [2.24, 2.45) is 0 Å². The predicted octanol–water partition coefficient (Wildman–Crippen LogP) is 5.11. The molecular formula is C18H12ClF2N3OS. The number of anilines is 1. The summed E-state index contributed by atoms with van der Waals surface area (Å²) in [5.41, 5.74) is 1.68. The molecule has 0 saturated carbocycles. The molecule has 3 rings (SSSR count). The number of hydrogen-bond acceptors (Lipinski definition) is 4. The average molecular weight is 392 g/mol. The Hall–Kier alpha value is -2.64. The second-order valence-corrected chi connectivity index (χ2v) is 6.75.